The SMILES string of the molecule is O=C(ONS(=O)[O-])c1ccccc1C(=O)ONS(=O)[O-]. The maximum absolute atomic E-state index is 11.5. The highest BCUT2D eigenvalue weighted by molar-refractivity contribution is 7.77. The lowest BCUT2D eigenvalue weighted by atomic mass is 10.1. The predicted octanol–water partition coefficient (Wildman–Crippen LogP) is -1.40. The van der Waals surface area contributed by atoms with Gasteiger partial charge in [-0.3, -0.25) is 8.42 Å². The zero-order valence-electron chi connectivity index (χ0n) is 9.39. The van der Waals surface area contributed by atoms with Gasteiger partial charge in [-0.25, -0.2) is 9.59 Å². The molecule has 0 aliphatic heterocycles. The van der Waals surface area contributed by atoms with E-state index in [2.05, 4.69) is 9.68 Å². The molecule has 0 spiro atoms. The van der Waals surface area contributed by atoms with Crippen molar-refractivity contribution in [1.29, 1.82) is 0 Å². The average molecular weight is 322 g/mol. The van der Waals surface area contributed by atoms with Gasteiger partial charge in [-0.1, -0.05) is 21.9 Å². The van der Waals surface area contributed by atoms with Gasteiger partial charge in [0.1, 0.15) is 0 Å². The number of carbonyl (C=O) groups excluding carboxylic acids is 2. The molecule has 2 unspecified atom stereocenters. The van der Waals surface area contributed by atoms with E-state index in [-0.39, 0.29) is 11.1 Å². The molecule has 0 aromatic heterocycles. The Balaban J connectivity index is 2.87. The smallest absolute Gasteiger partial charge is 0.358 e. The van der Waals surface area contributed by atoms with Crippen LogP contribution in [0.4, 0.5) is 0 Å². The van der Waals surface area contributed by atoms with E-state index in [1.165, 1.54) is 21.9 Å². The molecule has 0 heterocycles. The van der Waals surface area contributed by atoms with Crippen molar-refractivity contribution < 1.29 is 36.8 Å². The third-order valence-corrected chi connectivity index (χ3v) is 2.21. The molecule has 2 N–H and O–H groups in total. The molecular formula is C8H6N2O8S2-2. The van der Waals surface area contributed by atoms with Gasteiger partial charge in [0.05, 0.1) is 33.7 Å². The Morgan fingerprint density at radius 2 is 1.25 bits per heavy atom. The molecule has 0 saturated heterocycles. The van der Waals surface area contributed by atoms with Crippen LogP contribution in [0.1, 0.15) is 20.7 Å². The lowest BCUT2D eigenvalue weighted by molar-refractivity contribution is 0.0358. The van der Waals surface area contributed by atoms with E-state index in [0.717, 1.165) is 12.1 Å². The Kier molecular flexibility index (Phi) is 6.37. The summed E-state index contributed by atoms with van der Waals surface area (Å²) in [5, 5.41) is 0. The Hall–Kier alpha value is -1.70. The quantitative estimate of drug-likeness (QED) is 0.478. The topological polar surface area (TPSA) is 157 Å². The molecule has 0 bridgehead atoms. The van der Waals surface area contributed by atoms with Crippen LogP contribution < -0.4 is 9.77 Å². The van der Waals surface area contributed by atoms with Gasteiger partial charge in [-0.2, -0.15) is 0 Å². The van der Waals surface area contributed by atoms with E-state index in [9.17, 15) is 27.1 Å². The highest BCUT2D eigenvalue weighted by Gasteiger charge is 2.19. The van der Waals surface area contributed by atoms with Crippen molar-refractivity contribution in [2.75, 3.05) is 0 Å². The average Bonchev–Trinajstić information content (AvgIpc) is 2.42. The first-order chi connectivity index (χ1) is 9.41. The molecule has 110 valence electrons. The summed E-state index contributed by atoms with van der Waals surface area (Å²) in [6, 6.07) is 5.06. The van der Waals surface area contributed by atoms with E-state index in [1.807, 2.05) is 0 Å². The van der Waals surface area contributed by atoms with Crippen LogP contribution in [0.25, 0.3) is 0 Å². The summed E-state index contributed by atoms with van der Waals surface area (Å²) in [5.74, 6) is -2.35. The van der Waals surface area contributed by atoms with Crippen molar-refractivity contribution in [3.05, 3.63) is 35.4 Å². The first-order valence-electron chi connectivity index (χ1n) is 4.63. The van der Waals surface area contributed by atoms with Crippen LogP contribution in [0.3, 0.4) is 0 Å². The number of carbonyl (C=O) groups is 2. The summed E-state index contributed by atoms with van der Waals surface area (Å²) in [4.78, 5) is 34.0. The van der Waals surface area contributed by atoms with E-state index >= 15 is 0 Å². The number of rotatable bonds is 6. The molecule has 20 heavy (non-hydrogen) atoms. The predicted molar refractivity (Wildman–Crippen MR) is 61.4 cm³/mol. The molecule has 1 aromatic carbocycles. The Bertz CT molecular complexity index is 514. The summed E-state index contributed by atoms with van der Waals surface area (Å²) in [7, 11) is 0. The molecule has 2 atom stereocenters. The van der Waals surface area contributed by atoms with Crippen LogP contribution in [0.15, 0.2) is 24.3 Å². The van der Waals surface area contributed by atoms with Gasteiger partial charge in [0.25, 0.3) is 0 Å². The normalized spacial score (nSPS) is 13.3. The zero-order chi connectivity index (χ0) is 15.1. The second-order valence-corrected chi connectivity index (χ2v) is 4.23. The summed E-state index contributed by atoms with van der Waals surface area (Å²) in [6.07, 6.45) is 0. The summed E-state index contributed by atoms with van der Waals surface area (Å²) < 4.78 is 40.7. The van der Waals surface area contributed by atoms with Crippen molar-refractivity contribution in [3.63, 3.8) is 0 Å². The number of hydrogen-bond acceptors (Lipinski definition) is 8. The Labute approximate surface area is 117 Å². The second kappa shape index (κ2) is 7.78. The lowest BCUT2D eigenvalue weighted by Crippen LogP contribution is -2.26. The largest absolute Gasteiger partial charge is 0.758 e. The highest BCUT2D eigenvalue weighted by atomic mass is 32.2. The van der Waals surface area contributed by atoms with Crippen LogP contribution in [0.5, 0.6) is 0 Å². The molecule has 0 radical (unpaired) electrons. The van der Waals surface area contributed by atoms with E-state index in [4.69, 9.17) is 0 Å². The summed E-state index contributed by atoms with van der Waals surface area (Å²) >= 11 is -5.68. The molecule has 0 aliphatic carbocycles. The third kappa shape index (κ3) is 5.12. The monoisotopic (exact) mass is 322 g/mol. The first-order valence-corrected chi connectivity index (χ1v) is 6.78. The Morgan fingerprint density at radius 3 is 1.55 bits per heavy atom. The first kappa shape index (κ1) is 16.4. The minimum atomic E-state index is -2.84. The third-order valence-electron chi connectivity index (χ3n) is 1.77. The number of hydrogen-bond donors (Lipinski definition) is 2. The van der Waals surface area contributed by atoms with Gasteiger partial charge in [-0.15, -0.1) is 0 Å². The maximum atomic E-state index is 11.5. The van der Waals surface area contributed by atoms with Gasteiger partial charge in [0.2, 0.25) is 0 Å². The molecule has 1 rings (SSSR count). The van der Waals surface area contributed by atoms with Crippen molar-refractivity contribution >= 4 is 34.5 Å². The van der Waals surface area contributed by atoms with E-state index in [1.54, 1.807) is 0 Å². The van der Waals surface area contributed by atoms with Gasteiger partial charge >= 0.3 is 11.9 Å². The van der Waals surface area contributed by atoms with E-state index in [0.29, 0.717) is 0 Å². The summed E-state index contributed by atoms with van der Waals surface area (Å²) in [5.41, 5.74) is -0.650. The van der Waals surface area contributed by atoms with E-state index < -0.39 is 34.5 Å². The van der Waals surface area contributed by atoms with Crippen molar-refractivity contribution in [1.82, 2.24) is 9.77 Å². The molecule has 0 aliphatic rings. The lowest BCUT2D eigenvalue weighted by Gasteiger charge is -2.11. The van der Waals surface area contributed by atoms with Gasteiger partial charge in [0, 0.05) is 0 Å². The maximum Gasteiger partial charge on any atom is 0.358 e. The minimum absolute atomic E-state index is 0.325. The van der Waals surface area contributed by atoms with Crippen LogP contribution in [0, 0.1) is 0 Å². The zero-order valence-corrected chi connectivity index (χ0v) is 11.0. The summed E-state index contributed by atoms with van der Waals surface area (Å²) in [6.45, 7) is 0. The molecule has 0 fully saturated rings. The van der Waals surface area contributed by atoms with Crippen LogP contribution in [0.2, 0.25) is 0 Å². The van der Waals surface area contributed by atoms with Gasteiger partial charge < -0.3 is 18.8 Å². The highest BCUT2D eigenvalue weighted by Crippen LogP contribution is 2.11. The fourth-order valence-electron chi connectivity index (χ4n) is 1.09. The fourth-order valence-corrected chi connectivity index (χ4v) is 1.38. The van der Waals surface area contributed by atoms with Crippen molar-refractivity contribution in [3.8, 4) is 0 Å². The molecule has 1 aromatic rings. The number of nitrogens with one attached hydrogen (secondary N) is 2. The van der Waals surface area contributed by atoms with Crippen LogP contribution in [-0.4, -0.2) is 29.5 Å². The van der Waals surface area contributed by atoms with Gasteiger partial charge in [-0.05, 0) is 12.1 Å². The molecule has 10 nitrogen and oxygen atoms in total. The molecule has 12 heteroatoms. The minimum Gasteiger partial charge on any atom is -0.758 e. The molecule has 0 amide bonds. The standard InChI is InChI=1S/C8H8N2O8S2/c11-7(17-9-19(13)14)5-3-1-2-4-6(5)8(12)18-10-20(15)16/h1-4,9-10H,(H,13,14)(H,15,16)/p-2. The Morgan fingerprint density at radius 1 is 0.900 bits per heavy atom. The molecular weight excluding hydrogens is 316 g/mol. The van der Waals surface area contributed by atoms with Crippen LogP contribution in [-0.2, 0) is 32.2 Å². The van der Waals surface area contributed by atoms with Crippen molar-refractivity contribution in [2.45, 2.75) is 0 Å². The van der Waals surface area contributed by atoms with Gasteiger partial charge in [0.15, 0.2) is 0 Å². The van der Waals surface area contributed by atoms with Crippen LogP contribution >= 0.6 is 0 Å². The second-order valence-electron chi connectivity index (χ2n) is 2.96. The number of benzene rings is 1. The fraction of sp³-hybridized carbons (Fsp3) is 0. The molecule has 0 saturated carbocycles. The van der Waals surface area contributed by atoms with Crippen molar-refractivity contribution in [2.24, 2.45) is 0 Å².